The summed E-state index contributed by atoms with van der Waals surface area (Å²) in [5.41, 5.74) is -2.90. The largest absolute Gasteiger partial charge is 0.446 e. The molecule has 3 rings (SSSR count). The van der Waals surface area contributed by atoms with Gasteiger partial charge in [0.25, 0.3) is 0 Å². The topological polar surface area (TPSA) is 131 Å². The Balaban J connectivity index is 2.03. The predicted molar refractivity (Wildman–Crippen MR) is 104 cm³/mol. The maximum absolute atomic E-state index is 12.4. The number of nitrogens with one attached hydrogen (secondary N) is 1. The molecule has 0 saturated carbocycles. The number of alkyl halides is 2. The Hall–Kier alpha value is -1.21. The van der Waals surface area contributed by atoms with Crippen LogP contribution < -0.4 is 5.32 Å². The second kappa shape index (κ2) is 8.62. The smallest absolute Gasteiger partial charge is 0.414 e. The zero-order valence-corrected chi connectivity index (χ0v) is 19.0. The third kappa shape index (κ3) is 4.24. The monoisotopic (exact) mass is 485 g/mol. The van der Waals surface area contributed by atoms with Crippen LogP contribution in [0.2, 0.25) is 0 Å². The molecule has 0 radical (unpaired) electrons. The number of epoxide rings is 1. The maximum Gasteiger partial charge on any atom is 0.414 e. The Morgan fingerprint density at radius 1 is 1.06 bits per heavy atom. The minimum Gasteiger partial charge on any atom is -0.446 e. The van der Waals surface area contributed by atoms with Crippen molar-refractivity contribution in [3.05, 3.63) is 0 Å². The summed E-state index contributed by atoms with van der Waals surface area (Å²) >= 11 is 11.1. The minimum atomic E-state index is -1.77. The lowest BCUT2D eigenvalue weighted by atomic mass is 9.72. The summed E-state index contributed by atoms with van der Waals surface area (Å²) in [6, 6.07) is 0. The number of methoxy groups -OCH3 is 1. The highest BCUT2D eigenvalue weighted by molar-refractivity contribution is 6.28. The first kappa shape index (κ1) is 24.4. The van der Waals surface area contributed by atoms with E-state index in [9.17, 15) is 14.4 Å². The molecule has 1 unspecified atom stereocenters. The Morgan fingerprint density at radius 3 is 2.23 bits per heavy atom. The van der Waals surface area contributed by atoms with Gasteiger partial charge in [-0.3, -0.25) is 14.9 Å². The molecule has 176 valence electrons. The van der Waals surface area contributed by atoms with E-state index in [0.717, 1.165) is 0 Å². The number of amides is 2. The van der Waals surface area contributed by atoms with E-state index >= 15 is 0 Å². The van der Waals surface area contributed by atoms with E-state index in [1.54, 1.807) is 20.8 Å². The third-order valence-corrected chi connectivity index (χ3v) is 5.89. The van der Waals surface area contributed by atoms with Gasteiger partial charge >= 0.3 is 12.1 Å². The molecule has 5 atom stereocenters. The van der Waals surface area contributed by atoms with Gasteiger partial charge in [-0.2, -0.15) is 0 Å². The SMILES string of the molecule is CO[C@@H]1[C@H](OC(=O)NC(=O)CCl)CO[C@]2(COC(C)(C)O2)[C@@]1(OC(=O)CCl)C1(C)CO1. The molecule has 0 aromatic carbocycles. The summed E-state index contributed by atoms with van der Waals surface area (Å²) in [5, 5.41) is 1.97. The van der Waals surface area contributed by atoms with Crippen molar-refractivity contribution in [1.29, 1.82) is 0 Å². The normalized spacial score (nSPS) is 38.5. The fourth-order valence-electron chi connectivity index (χ4n) is 4.07. The first-order chi connectivity index (χ1) is 14.5. The Labute approximate surface area is 188 Å². The lowest BCUT2D eigenvalue weighted by Crippen LogP contribution is -2.79. The summed E-state index contributed by atoms with van der Waals surface area (Å²) < 4.78 is 40.4. The molecule has 3 heterocycles. The molecule has 13 heteroatoms. The Morgan fingerprint density at radius 2 is 1.74 bits per heavy atom. The van der Waals surface area contributed by atoms with Crippen LogP contribution >= 0.6 is 23.2 Å². The zero-order valence-electron chi connectivity index (χ0n) is 17.5. The van der Waals surface area contributed by atoms with Gasteiger partial charge in [0.05, 0.1) is 13.2 Å². The number of hydrogen-bond acceptors (Lipinski definition) is 10. The van der Waals surface area contributed by atoms with Crippen LogP contribution in [0.3, 0.4) is 0 Å². The van der Waals surface area contributed by atoms with Crippen molar-refractivity contribution in [2.24, 2.45) is 0 Å². The standard InChI is InChI=1S/C18H25Cl2NO10/c1-15(2)27-9-17(31-15)18(16(3)8-28-16,30-12(23)6-20)13(25-4)10(7-26-17)29-14(24)21-11(22)5-19/h10,13H,5-9H2,1-4H3,(H,21,22,24)/t10-,13-,16?,17+,18+/m1/s1. The number of imide groups is 1. The molecule has 3 aliphatic rings. The van der Waals surface area contributed by atoms with Gasteiger partial charge < -0.3 is 33.2 Å². The summed E-state index contributed by atoms with van der Waals surface area (Å²) in [7, 11) is 1.35. The van der Waals surface area contributed by atoms with E-state index < -0.39 is 64.7 Å². The molecule has 3 saturated heterocycles. The second-order valence-corrected chi connectivity index (χ2v) is 8.53. The molecule has 0 bridgehead atoms. The Bertz CT molecular complexity index is 745. The number of carbonyl (C=O) groups is 3. The van der Waals surface area contributed by atoms with Crippen LogP contribution in [0.15, 0.2) is 0 Å². The summed E-state index contributed by atoms with van der Waals surface area (Å²) in [6.45, 7) is 4.85. The van der Waals surface area contributed by atoms with Gasteiger partial charge in [0.1, 0.15) is 30.1 Å². The molecule has 2 amide bonds. The molecule has 31 heavy (non-hydrogen) atoms. The molecule has 0 aromatic heterocycles. The molecule has 1 spiro atoms. The van der Waals surface area contributed by atoms with E-state index in [4.69, 9.17) is 56.4 Å². The lowest BCUT2D eigenvalue weighted by Gasteiger charge is -2.55. The van der Waals surface area contributed by atoms with Crippen molar-refractivity contribution in [3.8, 4) is 0 Å². The van der Waals surface area contributed by atoms with Crippen molar-refractivity contribution in [1.82, 2.24) is 5.32 Å². The molecule has 11 nitrogen and oxygen atoms in total. The van der Waals surface area contributed by atoms with E-state index in [2.05, 4.69) is 0 Å². The van der Waals surface area contributed by atoms with Crippen LogP contribution in [0.25, 0.3) is 0 Å². The molecule has 3 aliphatic heterocycles. The predicted octanol–water partition coefficient (Wildman–Crippen LogP) is 0.681. The van der Waals surface area contributed by atoms with Crippen molar-refractivity contribution < 1.29 is 47.5 Å². The average molecular weight is 486 g/mol. The maximum atomic E-state index is 12.4. The molecule has 0 aromatic rings. The summed E-state index contributed by atoms with van der Waals surface area (Å²) in [4.78, 5) is 36.0. The third-order valence-electron chi connectivity index (χ3n) is 5.43. The number of halogens is 2. The first-order valence-electron chi connectivity index (χ1n) is 9.47. The van der Waals surface area contributed by atoms with Crippen molar-refractivity contribution in [2.45, 2.75) is 55.8 Å². The average Bonchev–Trinajstić information content (AvgIpc) is 3.38. The molecule has 3 fully saturated rings. The number of hydrogen-bond donors (Lipinski definition) is 1. The van der Waals surface area contributed by atoms with Crippen LogP contribution in [0.5, 0.6) is 0 Å². The van der Waals surface area contributed by atoms with Crippen molar-refractivity contribution in [3.63, 3.8) is 0 Å². The minimum absolute atomic E-state index is 0.127. The fourth-order valence-corrected chi connectivity index (χ4v) is 4.20. The van der Waals surface area contributed by atoms with Crippen LogP contribution in [0.1, 0.15) is 20.8 Å². The second-order valence-electron chi connectivity index (χ2n) is 8.00. The van der Waals surface area contributed by atoms with Gasteiger partial charge in [-0.15, -0.1) is 23.2 Å². The summed E-state index contributed by atoms with van der Waals surface area (Å²) in [6.07, 6.45) is -3.31. The van der Waals surface area contributed by atoms with E-state index in [1.807, 2.05) is 5.32 Å². The highest BCUT2D eigenvalue weighted by atomic mass is 35.5. The van der Waals surface area contributed by atoms with Gasteiger partial charge in [0.2, 0.25) is 17.3 Å². The van der Waals surface area contributed by atoms with Crippen LogP contribution in [0.4, 0.5) is 4.79 Å². The van der Waals surface area contributed by atoms with Crippen LogP contribution in [-0.4, -0.2) is 91.6 Å². The highest BCUT2D eigenvalue weighted by Gasteiger charge is 2.81. The van der Waals surface area contributed by atoms with Gasteiger partial charge in [0.15, 0.2) is 11.9 Å². The van der Waals surface area contributed by atoms with E-state index in [-0.39, 0.29) is 19.8 Å². The van der Waals surface area contributed by atoms with Gasteiger partial charge in [-0.1, -0.05) is 0 Å². The fraction of sp³-hybridized carbons (Fsp3) is 0.833. The van der Waals surface area contributed by atoms with Crippen molar-refractivity contribution >= 4 is 41.2 Å². The first-order valence-corrected chi connectivity index (χ1v) is 10.5. The zero-order chi connectivity index (χ0) is 23.1. The van der Waals surface area contributed by atoms with E-state index in [0.29, 0.717) is 0 Å². The highest BCUT2D eigenvalue weighted by Crippen LogP contribution is 2.57. The Kier molecular flexibility index (Phi) is 6.79. The van der Waals surface area contributed by atoms with Gasteiger partial charge in [0, 0.05) is 7.11 Å². The molecular formula is C18H25Cl2NO10. The number of carbonyl (C=O) groups excluding carboxylic acids is 3. The van der Waals surface area contributed by atoms with Gasteiger partial charge in [-0.05, 0) is 20.8 Å². The number of esters is 1. The number of ether oxygens (including phenoxy) is 7. The van der Waals surface area contributed by atoms with Crippen LogP contribution in [0, 0.1) is 0 Å². The van der Waals surface area contributed by atoms with Crippen molar-refractivity contribution in [2.75, 3.05) is 38.7 Å². The quantitative estimate of drug-likeness (QED) is 0.325. The lowest BCUT2D eigenvalue weighted by molar-refractivity contribution is -0.391. The van der Waals surface area contributed by atoms with Gasteiger partial charge in [-0.25, -0.2) is 4.79 Å². The van der Waals surface area contributed by atoms with E-state index in [1.165, 1.54) is 7.11 Å². The molecule has 0 aliphatic carbocycles. The number of alkyl carbamates (subject to hydrolysis) is 1. The van der Waals surface area contributed by atoms with Crippen LogP contribution in [-0.2, 0) is 42.7 Å². The number of rotatable bonds is 6. The molecule has 1 N–H and O–H groups in total. The molecular weight excluding hydrogens is 461 g/mol. The summed E-state index contributed by atoms with van der Waals surface area (Å²) in [5.74, 6) is -5.17.